The SMILES string of the molecule is CCCc1ccc2c(c1)CC=C(c1ccccc1)C(N1CCN(C)CC1)=N2.Cl.Cl. The molecule has 0 spiro atoms. The number of amidine groups is 1. The molecule has 0 aliphatic carbocycles. The van der Waals surface area contributed by atoms with Gasteiger partial charge in [-0.1, -0.05) is 61.9 Å². The molecule has 0 atom stereocenters. The smallest absolute Gasteiger partial charge is 0.136 e. The van der Waals surface area contributed by atoms with Crippen LogP contribution >= 0.6 is 24.8 Å². The van der Waals surface area contributed by atoms with Crippen molar-refractivity contribution in [3.63, 3.8) is 0 Å². The van der Waals surface area contributed by atoms with Gasteiger partial charge in [-0.05, 0) is 42.6 Å². The van der Waals surface area contributed by atoms with Gasteiger partial charge in [0.05, 0.1) is 5.69 Å². The van der Waals surface area contributed by atoms with Crippen LogP contribution in [0.25, 0.3) is 5.57 Å². The minimum Gasteiger partial charge on any atom is -0.354 e. The molecule has 0 saturated carbocycles. The fourth-order valence-corrected chi connectivity index (χ4v) is 3.96. The first kappa shape index (κ1) is 23.5. The van der Waals surface area contributed by atoms with Crippen molar-refractivity contribution in [3.05, 3.63) is 71.3 Å². The van der Waals surface area contributed by atoms with E-state index in [2.05, 4.69) is 78.4 Å². The van der Waals surface area contributed by atoms with Crippen molar-refractivity contribution in [2.24, 2.45) is 4.99 Å². The summed E-state index contributed by atoms with van der Waals surface area (Å²) in [6, 6.07) is 17.6. The second kappa shape index (κ2) is 10.8. The lowest BCUT2D eigenvalue weighted by Gasteiger charge is -2.35. The molecule has 2 aliphatic rings. The van der Waals surface area contributed by atoms with Gasteiger partial charge in [0.1, 0.15) is 5.84 Å². The van der Waals surface area contributed by atoms with Crippen molar-refractivity contribution in [2.75, 3.05) is 33.2 Å². The molecule has 1 saturated heterocycles. The molecule has 1 fully saturated rings. The van der Waals surface area contributed by atoms with Gasteiger partial charge in [0.2, 0.25) is 0 Å². The van der Waals surface area contributed by atoms with E-state index in [9.17, 15) is 0 Å². The van der Waals surface area contributed by atoms with Crippen LogP contribution in [0.4, 0.5) is 5.69 Å². The summed E-state index contributed by atoms with van der Waals surface area (Å²) in [6.45, 7) is 6.47. The Balaban J connectivity index is 0.00000150. The van der Waals surface area contributed by atoms with Crippen molar-refractivity contribution in [2.45, 2.75) is 26.2 Å². The number of piperazine rings is 1. The number of likely N-dealkylation sites (N-methyl/N-ethyl adjacent to an activating group) is 1. The Morgan fingerprint density at radius 1 is 0.931 bits per heavy atom. The summed E-state index contributed by atoms with van der Waals surface area (Å²) in [5.41, 5.74) is 6.43. The molecule has 2 aromatic carbocycles. The third kappa shape index (κ3) is 5.42. The number of fused-ring (bicyclic) bond motifs is 1. The van der Waals surface area contributed by atoms with Crippen LogP contribution in [0, 0.1) is 0 Å². The van der Waals surface area contributed by atoms with Crippen LogP contribution in [0.3, 0.4) is 0 Å². The molecule has 0 aromatic heterocycles. The van der Waals surface area contributed by atoms with Gasteiger partial charge < -0.3 is 9.80 Å². The molecule has 4 rings (SSSR count). The zero-order valence-corrected chi connectivity index (χ0v) is 18.9. The number of aliphatic imine (C=N–C) groups is 1. The summed E-state index contributed by atoms with van der Waals surface area (Å²) in [5.74, 6) is 1.14. The zero-order chi connectivity index (χ0) is 18.6. The third-order valence-corrected chi connectivity index (χ3v) is 5.56. The number of benzene rings is 2. The number of hydrogen-bond donors (Lipinski definition) is 0. The standard InChI is InChI=1S/C24H29N3.2ClH/c1-3-7-19-10-13-23-21(18-19)11-12-22(20-8-5-4-6-9-20)24(25-23)27-16-14-26(2)15-17-27;;/h4-6,8-10,12-13,18H,3,7,11,14-17H2,1-2H3;2*1H. The van der Waals surface area contributed by atoms with Crippen LogP contribution in [0.2, 0.25) is 0 Å². The maximum absolute atomic E-state index is 5.20. The van der Waals surface area contributed by atoms with E-state index in [0.29, 0.717) is 0 Å². The predicted molar refractivity (Wildman–Crippen MR) is 129 cm³/mol. The Hall–Kier alpha value is -1.81. The Morgan fingerprint density at radius 2 is 1.66 bits per heavy atom. The summed E-state index contributed by atoms with van der Waals surface area (Å²) in [4.78, 5) is 10.1. The Kier molecular flexibility index (Phi) is 8.76. The van der Waals surface area contributed by atoms with Crippen molar-refractivity contribution in [1.82, 2.24) is 9.80 Å². The molecule has 0 amide bonds. The highest BCUT2D eigenvalue weighted by atomic mass is 35.5. The van der Waals surface area contributed by atoms with Gasteiger partial charge in [-0.25, -0.2) is 4.99 Å². The second-order valence-electron chi connectivity index (χ2n) is 7.63. The van der Waals surface area contributed by atoms with Crippen LogP contribution in [0.15, 0.2) is 59.6 Å². The fourth-order valence-electron chi connectivity index (χ4n) is 3.96. The second-order valence-corrected chi connectivity index (χ2v) is 7.63. The highest BCUT2D eigenvalue weighted by Gasteiger charge is 2.23. The van der Waals surface area contributed by atoms with E-state index >= 15 is 0 Å². The average molecular weight is 432 g/mol. The third-order valence-electron chi connectivity index (χ3n) is 5.56. The van der Waals surface area contributed by atoms with Gasteiger partial charge in [0.25, 0.3) is 0 Å². The number of allylic oxidation sites excluding steroid dienone is 1. The summed E-state index contributed by atoms with van der Waals surface area (Å²) >= 11 is 0. The molecular formula is C24H31Cl2N3. The fraction of sp³-hybridized carbons (Fsp3) is 0.375. The van der Waals surface area contributed by atoms with E-state index in [4.69, 9.17) is 4.99 Å². The molecule has 0 radical (unpaired) electrons. The Labute approximate surface area is 187 Å². The van der Waals surface area contributed by atoms with Crippen LogP contribution < -0.4 is 0 Å². The van der Waals surface area contributed by atoms with Gasteiger partial charge in [-0.2, -0.15) is 0 Å². The topological polar surface area (TPSA) is 18.8 Å². The van der Waals surface area contributed by atoms with E-state index in [-0.39, 0.29) is 24.8 Å². The monoisotopic (exact) mass is 431 g/mol. The number of halogens is 2. The van der Waals surface area contributed by atoms with Gasteiger partial charge >= 0.3 is 0 Å². The number of hydrogen-bond acceptors (Lipinski definition) is 3. The predicted octanol–water partition coefficient (Wildman–Crippen LogP) is 5.40. The van der Waals surface area contributed by atoms with Gasteiger partial charge in [-0.15, -0.1) is 24.8 Å². The summed E-state index contributed by atoms with van der Waals surface area (Å²) in [5, 5.41) is 0. The maximum atomic E-state index is 5.20. The van der Waals surface area contributed by atoms with E-state index in [1.807, 2.05) is 0 Å². The molecule has 0 unspecified atom stereocenters. The van der Waals surface area contributed by atoms with E-state index in [1.54, 1.807) is 0 Å². The number of rotatable bonds is 3. The Bertz CT molecular complexity index is 854. The first-order valence-electron chi connectivity index (χ1n) is 10.1. The first-order chi connectivity index (χ1) is 13.2. The Morgan fingerprint density at radius 3 is 2.34 bits per heavy atom. The van der Waals surface area contributed by atoms with E-state index in [1.165, 1.54) is 28.7 Å². The quantitative estimate of drug-likeness (QED) is 0.647. The van der Waals surface area contributed by atoms with Crippen molar-refractivity contribution >= 4 is 41.9 Å². The van der Waals surface area contributed by atoms with Crippen LogP contribution in [0.1, 0.15) is 30.0 Å². The van der Waals surface area contributed by atoms with Crippen molar-refractivity contribution in [3.8, 4) is 0 Å². The summed E-state index contributed by atoms with van der Waals surface area (Å²) < 4.78 is 0. The highest BCUT2D eigenvalue weighted by molar-refractivity contribution is 6.23. The normalized spacial score (nSPS) is 16.6. The largest absolute Gasteiger partial charge is 0.354 e. The van der Waals surface area contributed by atoms with Gasteiger partial charge in [-0.3, -0.25) is 0 Å². The zero-order valence-electron chi connectivity index (χ0n) is 17.3. The lowest BCUT2D eigenvalue weighted by molar-refractivity contribution is 0.216. The molecule has 156 valence electrons. The molecule has 29 heavy (non-hydrogen) atoms. The average Bonchev–Trinajstić information content (AvgIpc) is 2.89. The lowest BCUT2D eigenvalue weighted by Crippen LogP contribution is -2.47. The molecule has 2 heterocycles. The van der Waals surface area contributed by atoms with Gasteiger partial charge in [0.15, 0.2) is 0 Å². The van der Waals surface area contributed by atoms with Gasteiger partial charge in [0, 0.05) is 31.8 Å². The summed E-state index contributed by atoms with van der Waals surface area (Å²) in [7, 11) is 2.20. The molecular weight excluding hydrogens is 401 g/mol. The van der Waals surface area contributed by atoms with Crippen molar-refractivity contribution in [1.29, 1.82) is 0 Å². The minimum atomic E-state index is 0. The summed E-state index contributed by atoms with van der Waals surface area (Å²) in [6.07, 6.45) is 5.64. The lowest BCUT2D eigenvalue weighted by atomic mass is 10.00. The number of nitrogens with zero attached hydrogens (tertiary/aromatic N) is 3. The number of aryl methyl sites for hydroxylation is 1. The van der Waals surface area contributed by atoms with E-state index in [0.717, 1.165) is 50.5 Å². The molecule has 2 aliphatic heterocycles. The molecule has 3 nitrogen and oxygen atoms in total. The molecule has 0 N–H and O–H groups in total. The van der Waals surface area contributed by atoms with E-state index < -0.39 is 0 Å². The highest BCUT2D eigenvalue weighted by Crippen LogP contribution is 2.31. The molecule has 0 bridgehead atoms. The van der Waals surface area contributed by atoms with Crippen LogP contribution in [-0.4, -0.2) is 48.9 Å². The first-order valence-corrected chi connectivity index (χ1v) is 10.1. The molecule has 5 heteroatoms. The van der Waals surface area contributed by atoms with Crippen molar-refractivity contribution < 1.29 is 0 Å². The maximum Gasteiger partial charge on any atom is 0.136 e. The van der Waals surface area contributed by atoms with Crippen LogP contribution in [-0.2, 0) is 12.8 Å². The minimum absolute atomic E-state index is 0. The van der Waals surface area contributed by atoms with Crippen LogP contribution in [0.5, 0.6) is 0 Å². The molecule has 2 aromatic rings.